The summed E-state index contributed by atoms with van der Waals surface area (Å²) in [5.74, 6) is -0.485. The Hall–Kier alpha value is -2.12. The first-order valence-corrected chi connectivity index (χ1v) is 10.3. The Morgan fingerprint density at radius 1 is 0.871 bits per heavy atom. The number of rotatable bonds is 9. The van der Waals surface area contributed by atoms with E-state index in [0.717, 1.165) is 11.1 Å². The summed E-state index contributed by atoms with van der Waals surface area (Å²) in [6.07, 6.45) is 0.331. The van der Waals surface area contributed by atoms with Crippen molar-refractivity contribution in [3.05, 3.63) is 71.8 Å². The van der Waals surface area contributed by atoms with Crippen LogP contribution in [0.25, 0.3) is 0 Å². The zero-order chi connectivity index (χ0) is 22.4. The summed E-state index contributed by atoms with van der Waals surface area (Å²) < 4.78 is 4.47. The van der Waals surface area contributed by atoms with Gasteiger partial charge in [0, 0.05) is 0 Å². The fourth-order valence-electron chi connectivity index (χ4n) is 2.47. The van der Waals surface area contributed by atoms with Crippen LogP contribution in [0.15, 0.2) is 60.7 Å². The van der Waals surface area contributed by atoms with Gasteiger partial charge in [0.05, 0.1) is 31.0 Å². The Labute approximate surface area is 198 Å². The van der Waals surface area contributed by atoms with E-state index in [1.54, 1.807) is 0 Å². The Morgan fingerprint density at radius 3 is 1.74 bits per heavy atom. The van der Waals surface area contributed by atoms with Gasteiger partial charge in [0.1, 0.15) is 0 Å². The average Bonchev–Trinajstić information content (AvgIpc) is 2.79. The van der Waals surface area contributed by atoms with Gasteiger partial charge in [-0.3, -0.25) is 9.59 Å². The van der Waals surface area contributed by atoms with Crippen molar-refractivity contribution in [2.75, 3.05) is 18.9 Å². The monoisotopic (exact) mass is 488 g/mol. The summed E-state index contributed by atoms with van der Waals surface area (Å²) in [6.45, 7) is 0. The molecular weight excluding hydrogens is 463 g/mol. The molecule has 170 valence electrons. The van der Waals surface area contributed by atoms with Gasteiger partial charge in [-0.05, 0) is 24.0 Å². The lowest BCUT2D eigenvalue weighted by atomic mass is 10.0. The first-order chi connectivity index (χ1) is 14.4. The summed E-state index contributed by atoms with van der Waals surface area (Å²) in [4.78, 5) is 33.7. The smallest absolute Gasteiger partial charge is 0.407 e. The third kappa shape index (κ3) is 11.7. The number of carbonyl (C=O) groups is 3. The van der Waals surface area contributed by atoms with Crippen LogP contribution in [0.5, 0.6) is 0 Å². The molecule has 31 heavy (non-hydrogen) atoms. The summed E-state index contributed by atoms with van der Waals surface area (Å²) in [5, 5.41) is 2.47. The average molecular weight is 490 g/mol. The predicted octanol–water partition coefficient (Wildman–Crippen LogP) is 3.55. The van der Waals surface area contributed by atoms with Gasteiger partial charge in [-0.2, -0.15) is 0 Å². The number of halogens is 3. The minimum atomic E-state index is -0.651. The lowest BCUT2D eigenvalue weighted by Crippen LogP contribution is -2.43. The van der Waals surface area contributed by atoms with Gasteiger partial charge < -0.3 is 15.8 Å². The number of benzene rings is 2. The van der Waals surface area contributed by atoms with Gasteiger partial charge >= 0.3 is 6.09 Å². The van der Waals surface area contributed by atoms with Crippen molar-refractivity contribution in [2.24, 2.45) is 5.73 Å². The summed E-state index contributed by atoms with van der Waals surface area (Å²) in [7, 11) is 1.25. The van der Waals surface area contributed by atoms with Crippen LogP contribution in [0.1, 0.15) is 11.1 Å². The van der Waals surface area contributed by atoms with Crippen molar-refractivity contribution in [3.63, 3.8) is 0 Å². The Morgan fingerprint density at radius 2 is 1.32 bits per heavy atom. The normalized spacial score (nSPS) is 11.6. The van der Waals surface area contributed by atoms with Gasteiger partial charge in [0.25, 0.3) is 0 Å². The van der Waals surface area contributed by atoms with E-state index in [1.165, 1.54) is 7.11 Å². The summed E-state index contributed by atoms with van der Waals surface area (Å²) >= 11 is 10.9. The molecule has 1 amide bonds. The number of methoxy groups -OCH3 is 1. The number of alkyl carbamates (subject to hydrolysis) is 1. The standard InChI is InChI=1S/C12H14ClNO3.C10H12ClNO.ClH/c1-17-12(16)14-10(11(15)8-13)7-9-5-3-2-4-6-9;11-7-10(13)9(12)6-8-4-2-1-3-5-8;/h2-6,10H,7-8H2,1H3,(H,14,16);1-5,9H,6-7,12H2;1H/t10-;9-;/m00./s1. The molecule has 0 heterocycles. The number of hydrogen-bond acceptors (Lipinski definition) is 5. The molecule has 0 unspecified atom stereocenters. The number of alkyl halides is 2. The molecule has 2 rings (SSSR count). The predicted molar refractivity (Wildman–Crippen MR) is 126 cm³/mol. The van der Waals surface area contributed by atoms with Crippen molar-refractivity contribution < 1.29 is 19.1 Å². The summed E-state index contributed by atoms with van der Waals surface area (Å²) in [6, 6.07) is 17.9. The number of ether oxygens (including phenoxy) is 1. The maximum atomic E-state index is 11.6. The highest BCUT2D eigenvalue weighted by molar-refractivity contribution is 6.28. The molecule has 6 nitrogen and oxygen atoms in total. The van der Waals surface area contributed by atoms with E-state index in [4.69, 9.17) is 28.9 Å². The van der Waals surface area contributed by atoms with Crippen LogP contribution >= 0.6 is 35.6 Å². The van der Waals surface area contributed by atoms with Gasteiger partial charge in [-0.25, -0.2) is 4.79 Å². The molecular formula is C22H27Cl3N2O4. The lowest BCUT2D eigenvalue weighted by Gasteiger charge is -2.15. The van der Waals surface area contributed by atoms with E-state index in [9.17, 15) is 14.4 Å². The van der Waals surface area contributed by atoms with Crippen molar-refractivity contribution in [1.82, 2.24) is 5.32 Å². The third-order valence-corrected chi connectivity index (χ3v) is 4.65. The highest BCUT2D eigenvalue weighted by Gasteiger charge is 2.20. The first kappa shape index (κ1) is 28.9. The van der Waals surface area contributed by atoms with Crippen LogP contribution in [0, 0.1) is 0 Å². The highest BCUT2D eigenvalue weighted by Crippen LogP contribution is 2.05. The third-order valence-electron chi connectivity index (χ3n) is 4.12. The van der Waals surface area contributed by atoms with Crippen molar-refractivity contribution in [3.8, 4) is 0 Å². The quantitative estimate of drug-likeness (QED) is 0.525. The molecule has 0 saturated carbocycles. The van der Waals surface area contributed by atoms with Gasteiger partial charge in [-0.1, -0.05) is 60.7 Å². The molecule has 0 radical (unpaired) electrons. The largest absolute Gasteiger partial charge is 0.453 e. The minimum absolute atomic E-state index is 0. The molecule has 0 aliphatic heterocycles. The number of nitrogens with two attached hydrogens (primary N) is 1. The Bertz CT molecular complexity index is 792. The number of hydrogen-bond donors (Lipinski definition) is 2. The van der Waals surface area contributed by atoms with Crippen LogP contribution in [-0.2, 0) is 27.2 Å². The zero-order valence-electron chi connectivity index (χ0n) is 17.1. The molecule has 0 aliphatic carbocycles. The van der Waals surface area contributed by atoms with E-state index < -0.39 is 18.2 Å². The molecule has 0 aromatic heterocycles. The van der Waals surface area contributed by atoms with E-state index in [2.05, 4.69) is 10.1 Å². The topological polar surface area (TPSA) is 98.5 Å². The number of Topliss-reactive ketones (excluding diaryl/α,β-unsaturated/α-hetero) is 2. The molecule has 9 heteroatoms. The zero-order valence-corrected chi connectivity index (χ0v) is 19.5. The molecule has 0 aliphatic rings. The Balaban J connectivity index is 0.000000581. The van der Waals surface area contributed by atoms with Crippen LogP contribution in [0.3, 0.4) is 0 Å². The SMILES string of the molecule is COC(=O)N[C@@H](Cc1ccccc1)C(=O)CCl.Cl.N[C@@H](Cc1ccccc1)C(=O)CCl. The van der Waals surface area contributed by atoms with Gasteiger partial charge in [0.2, 0.25) is 0 Å². The van der Waals surface area contributed by atoms with Gasteiger partial charge in [0.15, 0.2) is 11.6 Å². The molecule has 0 fully saturated rings. The van der Waals surface area contributed by atoms with E-state index in [0.29, 0.717) is 12.8 Å². The molecule has 2 atom stereocenters. The lowest BCUT2D eigenvalue weighted by molar-refractivity contribution is -0.119. The second-order valence-electron chi connectivity index (χ2n) is 6.37. The maximum Gasteiger partial charge on any atom is 0.407 e. The molecule has 0 bridgehead atoms. The van der Waals surface area contributed by atoms with E-state index >= 15 is 0 Å². The van der Waals surface area contributed by atoms with E-state index in [1.807, 2.05) is 60.7 Å². The number of ketones is 2. The summed E-state index contributed by atoms with van der Waals surface area (Å²) in [5.41, 5.74) is 7.64. The second kappa shape index (κ2) is 16.6. The Kier molecular flexibility index (Phi) is 15.4. The van der Waals surface area contributed by atoms with Crippen molar-refractivity contribution in [2.45, 2.75) is 24.9 Å². The van der Waals surface area contributed by atoms with Crippen molar-refractivity contribution in [1.29, 1.82) is 0 Å². The highest BCUT2D eigenvalue weighted by atomic mass is 35.5. The molecule has 2 aromatic carbocycles. The van der Waals surface area contributed by atoms with Crippen LogP contribution in [-0.4, -0.2) is 48.6 Å². The van der Waals surface area contributed by atoms with Gasteiger partial charge in [-0.15, -0.1) is 35.6 Å². The van der Waals surface area contributed by atoms with Crippen LogP contribution in [0.2, 0.25) is 0 Å². The van der Waals surface area contributed by atoms with E-state index in [-0.39, 0.29) is 35.7 Å². The minimum Gasteiger partial charge on any atom is -0.453 e. The maximum absolute atomic E-state index is 11.6. The fourth-order valence-corrected chi connectivity index (χ4v) is 2.85. The van der Waals surface area contributed by atoms with Crippen molar-refractivity contribution >= 4 is 53.3 Å². The molecule has 2 aromatic rings. The van der Waals surface area contributed by atoms with Crippen LogP contribution in [0.4, 0.5) is 4.79 Å². The van der Waals surface area contributed by atoms with Crippen LogP contribution < -0.4 is 11.1 Å². The first-order valence-electron chi connectivity index (χ1n) is 9.26. The number of carbonyl (C=O) groups excluding carboxylic acids is 3. The fraction of sp³-hybridized carbons (Fsp3) is 0.318. The number of amides is 1. The molecule has 0 spiro atoms. The molecule has 3 N–H and O–H groups in total. The number of nitrogens with one attached hydrogen (secondary N) is 1. The second-order valence-corrected chi connectivity index (χ2v) is 6.91. The molecule has 0 saturated heterocycles.